The lowest BCUT2D eigenvalue weighted by molar-refractivity contribution is -0.162. The zero-order chi connectivity index (χ0) is 23.5. The number of fused-ring (bicyclic) bond motifs is 6. The minimum absolute atomic E-state index is 0. The molecular weight excluding hydrogens is 434 g/mol. The quantitative estimate of drug-likeness (QED) is 0.539. The molecule has 0 aromatic carbocycles. The third kappa shape index (κ3) is 3.97. The minimum atomic E-state index is -0.132. The molecule has 4 saturated carbocycles. The van der Waals surface area contributed by atoms with Gasteiger partial charge in [0.15, 0.2) is 5.52 Å². The Kier molecular flexibility index (Phi) is 6.61. The van der Waals surface area contributed by atoms with Gasteiger partial charge in [-0.1, -0.05) is 34.1 Å². The summed E-state index contributed by atoms with van der Waals surface area (Å²) in [5.74, 6) is 4.15. The summed E-state index contributed by atoms with van der Waals surface area (Å²) in [5.41, 5.74) is 1.80. The molecule has 2 aromatic rings. The highest BCUT2D eigenvalue weighted by Gasteiger charge is 2.61. The molecule has 8 atom stereocenters. The van der Waals surface area contributed by atoms with Gasteiger partial charge < -0.3 is 10.1 Å². The first-order chi connectivity index (χ1) is 16.4. The average molecular weight is 480 g/mol. The summed E-state index contributed by atoms with van der Waals surface area (Å²) in [6.07, 6.45) is 16.3. The normalized spacial score (nSPS) is 40.4. The summed E-state index contributed by atoms with van der Waals surface area (Å²) < 4.78 is 0. The second-order valence-corrected chi connectivity index (χ2v) is 12.6. The van der Waals surface area contributed by atoms with Crippen LogP contribution in [0, 0.1) is 40.4 Å². The Morgan fingerprint density at radius 3 is 2.77 bits per heavy atom. The van der Waals surface area contributed by atoms with Crippen LogP contribution in [-0.2, 0) is 6.42 Å². The molecule has 0 amide bonds. The van der Waals surface area contributed by atoms with E-state index in [1.54, 1.807) is 6.20 Å². The van der Waals surface area contributed by atoms with Crippen molar-refractivity contribution >= 4 is 11.0 Å². The van der Waals surface area contributed by atoms with Crippen LogP contribution in [-0.4, -0.2) is 26.2 Å². The smallest absolute Gasteiger partial charge is 0.277 e. The van der Waals surface area contributed by atoms with E-state index in [0.717, 1.165) is 42.8 Å². The second-order valence-electron chi connectivity index (χ2n) is 12.6. The van der Waals surface area contributed by atoms with Crippen molar-refractivity contribution in [3.63, 3.8) is 0 Å². The Morgan fingerprint density at radius 1 is 1.09 bits per heavy atom. The number of aliphatic hydroxyl groups excluding tert-OH is 1. The van der Waals surface area contributed by atoms with Crippen LogP contribution in [0.1, 0.15) is 97.7 Å². The molecule has 0 spiro atoms. The Morgan fingerprint density at radius 2 is 1.91 bits per heavy atom. The molecule has 2 aromatic heterocycles. The molecule has 4 aliphatic carbocycles. The van der Waals surface area contributed by atoms with Crippen LogP contribution < -0.4 is 5.56 Å². The van der Waals surface area contributed by atoms with E-state index in [4.69, 9.17) is 0 Å². The van der Waals surface area contributed by atoms with E-state index in [1.807, 2.05) is 12.1 Å². The zero-order valence-corrected chi connectivity index (χ0v) is 20.9. The van der Waals surface area contributed by atoms with Crippen molar-refractivity contribution in [3.05, 3.63) is 34.5 Å². The summed E-state index contributed by atoms with van der Waals surface area (Å²) in [5, 5.41) is 11.4. The number of nitrogens with one attached hydrogen (secondary N) is 1. The lowest BCUT2D eigenvalue weighted by atomic mass is 9.44. The summed E-state index contributed by atoms with van der Waals surface area (Å²) in [6.45, 7) is 5.14. The van der Waals surface area contributed by atoms with E-state index in [2.05, 4.69) is 28.8 Å². The number of aryl methyl sites for hydroxylation is 1. The van der Waals surface area contributed by atoms with Gasteiger partial charge in [-0.15, -0.1) is 0 Å². The number of aliphatic hydroxyl groups is 1. The number of H-pyrrole nitrogens is 1. The summed E-state index contributed by atoms with van der Waals surface area (Å²) >= 11 is 0. The van der Waals surface area contributed by atoms with Gasteiger partial charge in [0.1, 0.15) is 5.82 Å². The summed E-state index contributed by atoms with van der Waals surface area (Å²) in [4.78, 5) is 24.1. The molecule has 4 aliphatic rings. The number of nitrogens with zero attached hydrogens (tertiary/aromatic N) is 2. The highest BCUT2D eigenvalue weighted by molar-refractivity contribution is 5.72. The van der Waals surface area contributed by atoms with Crippen molar-refractivity contribution in [2.24, 2.45) is 40.4 Å². The largest absolute Gasteiger partial charge is 0.393 e. The number of rotatable bonds is 4. The fraction of sp³-hybridized carbons (Fsp3) is 0.767. The van der Waals surface area contributed by atoms with E-state index in [1.165, 1.54) is 57.8 Å². The molecule has 8 unspecified atom stereocenters. The van der Waals surface area contributed by atoms with Gasteiger partial charge in [0.2, 0.25) is 0 Å². The predicted octanol–water partition coefficient (Wildman–Crippen LogP) is 6.30. The van der Waals surface area contributed by atoms with E-state index < -0.39 is 0 Å². The first kappa shape index (κ1) is 24.9. The third-order valence-electron chi connectivity index (χ3n) is 11.3. The maximum absolute atomic E-state index is 12.4. The Hall–Kier alpha value is -1.75. The maximum atomic E-state index is 12.4. The molecule has 5 nitrogen and oxygen atoms in total. The first-order valence-corrected chi connectivity index (χ1v) is 13.9. The zero-order valence-electron chi connectivity index (χ0n) is 20.9. The van der Waals surface area contributed by atoms with E-state index >= 15 is 0 Å². The third-order valence-corrected chi connectivity index (χ3v) is 11.3. The monoisotopic (exact) mass is 479 g/mol. The highest BCUT2D eigenvalue weighted by Crippen LogP contribution is 2.67. The number of hydrogen-bond acceptors (Lipinski definition) is 4. The molecule has 0 bridgehead atoms. The average Bonchev–Trinajstić information content (AvgIpc) is 3.16. The van der Waals surface area contributed by atoms with Crippen LogP contribution in [0.5, 0.6) is 0 Å². The van der Waals surface area contributed by atoms with Gasteiger partial charge in [0.05, 0.1) is 11.6 Å². The van der Waals surface area contributed by atoms with Crippen molar-refractivity contribution in [1.29, 1.82) is 0 Å². The van der Waals surface area contributed by atoms with Crippen LogP contribution in [0.25, 0.3) is 11.0 Å². The van der Waals surface area contributed by atoms with Gasteiger partial charge in [0.25, 0.3) is 5.56 Å². The van der Waals surface area contributed by atoms with Gasteiger partial charge in [0, 0.05) is 12.6 Å². The fourth-order valence-corrected chi connectivity index (χ4v) is 9.50. The van der Waals surface area contributed by atoms with Crippen molar-refractivity contribution in [2.45, 2.75) is 104 Å². The number of aromatic amines is 1. The number of hydrogen-bond donors (Lipinski definition) is 2. The second kappa shape index (κ2) is 9.28. The fourth-order valence-electron chi connectivity index (χ4n) is 9.50. The van der Waals surface area contributed by atoms with Gasteiger partial charge >= 0.3 is 0 Å². The number of aromatic nitrogens is 3. The van der Waals surface area contributed by atoms with E-state index in [9.17, 15) is 9.90 Å². The minimum Gasteiger partial charge on any atom is -0.393 e. The molecule has 2 N–H and O–H groups in total. The molecule has 0 aliphatic heterocycles. The standard InChI is InChI=1S/C29H41N3O2.CH4/c1-28-14-4-3-7-19(28)17-23(33)25-20-12-11-18(29(20,2)15-13-21(25)28)8-5-10-24-31-22-9-6-16-30-26(22)27(34)32-24;/h6,9,16,18-21,23,25,33H,3-5,7-8,10-15,17H2,1-2H3,(H,31,32,34);1H4. The summed E-state index contributed by atoms with van der Waals surface area (Å²) in [6, 6.07) is 3.71. The van der Waals surface area contributed by atoms with Gasteiger partial charge in [-0.2, -0.15) is 0 Å². The van der Waals surface area contributed by atoms with Crippen molar-refractivity contribution in [3.8, 4) is 0 Å². The van der Waals surface area contributed by atoms with Crippen LogP contribution >= 0.6 is 0 Å². The molecular formula is C30H45N3O2. The lowest BCUT2D eigenvalue weighted by Crippen LogP contribution is -2.57. The summed E-state index contributed by atoms with van der Waals surface area (Å²) in [7, 11) is 0. The lowest BCUT2D eigenvalue weighted by Gasteiger charge is -2.62. The van der Waals surface area contributed by atoms with Crippen LogP contribution in [0.15, 0.2) is 23.1 Å². The van der Waals surface area contributed by atoms with Gasteiger partial charge in [-0.25, -0.2) is 9.97 Å². The SMILES string of the molecule is C.CC12CCC3C(C(O)CC4CCCCC43C)C1CCC2CCCc1nc2cccnc2c(=O)[nH]1. The van der Waals surface area contributed by atoms with Crippen LogP contribution in [0.3, 0.4) is 0 Å². The van der Waals surface area contributed by atoms with Crippen molar-refractivity contribution in [1.82, 2.24) is 15.0 Å². The molecule has 35 heavy (non-hydrogen) atoms. The molecule has 0 saturated heterocycles. The molecule has 0 radical (unpaired) electrons. The highest BCUT2D eigenvalue weighted by atomic mass is 16.3. The van der Waals surface area contributed by atoms with Crippen LogP contribution in [0.2, 0.25) is 0 Å². The Bertz CT molecular complexity index is 1110. The molecule has 5 heteroatoms. The topological polar surface area (TPSA) is 78.9 Å². The van der Waals surface area contributed by atoms with Crippen molar-refractivity contribution < 1.29 is 5.11 Å². The molecule has 192 valence electrons. The molecule has 6 rings (SSSR count). The molecule has 2 heterocycles. The van der Waals surface area contributed by atoms with Gasteiger partial charge in [-0.05, 0) is 110 Å². The Balaban J connectivity index is 0.00000253. The van der Waals surface area contributed by atoms with Crippen LogP contribution in [0.4, 0.5) is 0 Å². The van der Waals surface area contributed by atoms with E-state index in [-0.39, 0.29) is 19.1 Å². The van der Waals surface area contributed by atoms with Crippen molar-refractivity contribution in [2.75, 3.05) is 0 Å². The molecule has 4 fully saturated rings. The number of pyridine rings is 1. The predicted molar refractivity (Wildman–Crippen MR) is 141 cm³/mol. The van der Waals surface area contributed by atoms with E-state index in [0.29, 0.717) is 33.7 Å². The van der Waals surface area contributed by atoms with Gasteiger partial charge in [-0.3, -0.25) is 4.79 Å². The Labute approximate surface area is 210 Å². The maximum Gasteiger partial charge on any atom is 0.277 e. The first-order valence-electron chi connectivity index (χ1n) is 13.9.